The third-order valence-electron chi connectivity index (χ3n) is 5.81. The summed E-state index contributed by atoms with van der Waals surface area (Å²) < 4.78 is 0. The summed E-state index contributed by atoms with van der Waals surface area (Å²) in [6.45, 7) is 0.784. The molecule has 0 spiro atoms. The summed E-state index contributed by atoms with van der Waals surface area (Å²) in [4.78, 5) is 45.6. The van der Waals surface area contributed by atoms with E-state index in [0.717, 1.165) is 27.6 Å². The molecule has 0 aliphatic heterocycles. The predicted octanol–water partition coefficient (Wildman–Crippen LogP) is 0.815. The Bertz CT molecular complexity index is 1230. The molecule has 1 aromatic heterocycles. The van der Waals surface area contributed by atoms with Crippen LogP contribution in [0.25, 0.3) is 10.9 Å². The molecule has 0 fully saturated rings. The van der Waals surface area contributed by atoms with E-state index in [1.807, 2.05) is 48.5 Å². The van der Waals surface area contributed by atoms with Gasteiger partial charge < -0.3 is 38.1 Å². The van der Waals surface area contributed by atoms with Crippen LogP contribution in [0.15, 0.2) is 59.7 Å². The van der Waals surface area contributed by atoms with E-state index >= 15 is 0 Å². The number of carbonyl (C=O) groups excluding carboxylic acids is 3. The molecule has 3 aromatic rings. The van der Waals surface area contributed by atoms with Crippen molar-refractivity contribution >= 4 is 34.7 Å². The average molecular weight is 493 g/mol. The van der Waals surface area contributed by atoms with Gasteiger partial charge in [-0.25, -0.2) is 4.79 Å². The molecule has 1 heterocycles. The summed E-state index contributed by atoms with van der Waals surface area (Å²) >= 11 is 0. The van der Waals surface area contributed by atoms with E-state index in [9.17, 15) is 14.4 Å². The minimum Gasteiger partial charge on any atom is -0.370 e. The molecule has 0 saturated carbocycles. The van der Waals surface area contributed by atoms with Crippen LogP contribution in [-0.2, 0) is 29.1 Å². The zero-order valence-electron chi connectivity index (χ0n) is 19.9. The van der Waals surface area contributed by atoms with E-state index in [4.69, 9.17) is 22.9 Å². The number of rotatable bonds is 12. The van der Waals surface area contributed by atoms with Gasteiger partial charge in [0.1, 0.15) is 6.04 Å². The first-order valence-corrected chi connectivity index (χ1v) is 11.5. The molecule has 11 heteroatoms. The first-order valence-electron chi connectivity index (χ1n) is 11.5. The highest BCUT2D eigenvalue weighted by atomic mass is 16.2. The molecule has 10 N–H and O–H groups in total. The molecule has 0 unspecified atom stereocenters. The van der Waals surface area contributed by atoms with Crippen molar-refractivity contribution in [1.29, 1.82) is 0 Å². The molecular formula is C25H32N8O3. The molecule has 0 aliphatic carbocycles. The molecular weight excluding hydrogens is 460 g/mol. The van der Waals surface area contributed by atoms with Crippen LogP contribution < -0.4 is 28.3 Å². The fraction of sp³-hybridized carbons (Fsp3) is 0.280. The number of aromatic amines is 1. The van der Waals surface area contributed by atoms with Crippen LogP contribution in [0, 0.1) is 0 Å². The number of para-hydroxylation sites is 1. The van der Waals surface area contributed by atoms with E-state index in [0.29, 0.717) is 19.4 Å². The number of benzene rings is 2. The van der Waals surface area contributed by atoms with Gasteiger partial charge in [0.25, 0.3) is 0 Å². The standard InChI is InChI=1S/C25H32N8O3/c26-23(35)21(6-3-11-30-24(27)28)33(15-17-9-7-16(8-10-17)13-32-25(29)36)22(34)12-18-14-31-20-5-2-1-4-19(18)20/h1-2,4-5,7-10,14,21,31H,3,6,11-13,15H2,(H2,26,35)(H4,27,28,30)(H3,29,32,36)/t21-/m1/s1. The number of urea groups is 1. The SMILES string of the molecule is NC(=O)NCc1ccc(CN(C(=O)Cc2c[nH]c3ccccc23)[C@H](CCCN=C(N)N)C(N)=O)cc1. The van der Waals surface area contributed by atoms with Gasteiger partial charge in [-0.05, 0) is 35.6 Å². The third kappa shape index (κ3) is 7.23. The van der Waals surface area contributed by atoms with Crippen LogP contribution in [0.4, 0.5) is 4.79 Å². The lowest BCUT2D eigenvalue weighted by molar-refractivity contribution is -0.139. The first-order chi connectivity index (χ1) is 17.2. The number of hydrogen-bond donors (Lipinski definition) is 6. The lowest BCUT2D eigenvalue weighted by Gasteiger charge is -2.30. The van der Waals surface area contributed by atoms with Crippen LogP contribution in [0.5, 0.6) is 0 Å². The van der Waals surface area contributed by atoms with Crippen molar-refractivity contribution in [3.8, 4) is 0 Å². The highest BCUT2D eigenvalue weighted by Gasteiger charge is 2.28. The predicted molar refractivity (Wildman–Crippen MR) is 138 cm³/mol. The second-order valence-corrected chi connectivity index (χ2v) is 8.46. The van der Waals surface area contributed by atoms with Crippen LogP contribution in [0.1, 0.15) is 29.5 Å². The number of nitrogens with zero attached hydrogens (tertiary/aromatic N) is 2. The van der Waals surface area contributed by atoms with E-state index < -0.39 is 18.0 Å². The quantitative estimate of drug-likeness (QED) is 0.123. The number of nitrogens with two attached hydrogens (primary N) is 4. The number of aliphatic imine (C=N–C) groups is 1. The number of guanidine groups is 1. The van der Waals surface area contributed by atoms with Crippen LogP contribution in [0.2, 0.25) is 0 Å². The summed E-state index contributed by atoms with van der Waals surface area (Å²) in [5.41, 5.74) is 25.1. The zero-order valence-corrected chi connectivity index (χ0v) is 19.9. The fourth-order valence-electron chi connectivity index (χ4n) is 4.01. The van der Waals surface area contributed by atoms with Crippen molar-refractivity contribution in [3.05, 3.63) is 71.4 Å². The van der Waals surface area contributed by atoms with Gasteiger partial charge in [0.05, 0.1) is 6.42 Å². The lowest BCUT2D eigenvalue weighted by Crippen LogP contribution is -2.48. The van der Waals surface area contributed by atoms with E-state index in [1.54, 1.807) is 6.20 Å². The Morgan fingerprint density at radius 3 is 2.33 bits per heavy atom. The molecule has 190 valence electrons. The molecule has 0 radical (unpaired) electrons. The minimum absolute atomic E-state index is 0.0381. The molecule has 0 bridgehead atoms. The second kappa shape index (κ2) is 12.2. The molecule has 2 aromatic carbocycles. The Balaban J connectivity index is 1.83. The Kier molecular flexibility index (Phi) is 8.87. The normalized spacial score (nSPS) is 11.6. The largest absolute Gasteiger partial charge is 0.370 e. The zero-order chi connectivity index (χ0) is 26.1. The van der Waals surface area contributed by atoms with Gasteiger partial charge in [0.15, 0.2) is 5.96 Å². The number of primary amides is 2. The van der Waals surface area contributed by atoms with Gasteiger partial charge in [-0.2, -0.15) is 0 Å². The summed E-state index contributed by atoms with van der Waals surface area (Å²) in [6, 6.07) is 13.6. The van der Waals surface area contributed by atoms with Crippen molar-refractivity contribution in [2.24, 2.45) is 27.9 Å². The fourth-order valence-corrected chi connectivity index (χ4v) is 4.01. The number of H-pyrrole nitrogens is 1. The van der Waals surface area contributed by atoms with Gasteiger partial charge >= 0.3 is 6.03 Å². The molecule has 1 atom stereocenters. The molecule has 3 rings (SSSR count). The van der Waals surface area contributed by atoms with Crippen molar-refractivity contribution in [2.75, 3.05) is 6.54 Å². The Labute approximate surface area is 208 Å². The number of carbonyl (C=O) groups is 3. The Morgan fingerprint density at radius 1 is 0.972 bits per heavy atom. The van der Waals surface area contributed by atoms with Crippen LogP contribution >= 0.6 is 0 Å². The van der Waals surface area contributed by atoms with Crippen molar-refractivity contribution in [3.63, 3.8) is 0 Å². The van der Waals surface area contributed by atoms with Crippen molar-refractivity contribution in [1.82, 2.24) is 15.2 Å². The highest BCUT2D eigenvalue weighted by Crippen LogP contribution is 2.21. The summed E-state index contributed by atoms with van der Waals surface area (Å²) in [5, 5.41) is 3.48. The maximum Gasteiger partial charge on any atom is 0.312 e. The number of aromatic nitrogens is 1. The monoisotopic (exact) mass is 492 g/mol. The minimum atomic E-state index is -0.840. The Morgan fingerprint density at radius 2 is 1.67 bits per heavy atom. The van der Waals surface area contributed by atoms with Crippen LogP contribution in [-0.4, -0.2) is 46.3 Å². The van der Waals surface area contributed by atoms with Crippen molar-refractivity contribution < 1.29 is 14.4 Å². The number of hydrogen-bond acceptors (Lipinski definition) is 4. The second-order valence-electron chi connectivity index (χ2n) is 8.46. The molecule has 36 heavy (non-hydrogen) atoms. The molecule has 4 amide bonds. The van der Waals surface area contributed by atoms with E-state index in [2.05, 4.69) is 15.3 Å². The van der Waals surface area contributed by atoms with E-state index in [-0.39, 0.29) is 31.4 Å². The number of amides is 4. The van der Waals surface area contributed by atoms with Gasteiger partial charge in [-0.15, -0.1) is 0 Å². The van der Waals surface area contributed by atoms with Gasteiger partial charge in [0.2, 0.25) is 11.8 Å². The molecule has 0 saturated heterocycles. The summed E-state index contributed by atoms with van der Waals surface area (Å²) in [6.07, 6.45) is 2.69. The topological polar surface area (TPSA) is 199 Å². The maximum absolute atomic E-state index is 13.6. The van der Waals surface area contributed by atoms with Gasteiger partial charge in [-0.1, -0.05) is 42.5 Å². The lowest BCUT2D eigenvalue weighted by atomic mass is 10.0. The third-order valence-corrected chi connectivity index (χ3v) is 5.81. The average Bonchev–Trinajstić information content (AvgIpc) is 3.24. The molecule has 11 nitrogen and oxygen atoms in total. The van der Waals surface area contributed by atoms with Crippen molar-refractivity contribution in [2.45, 2.75) is 38.4 Å². The smallest absolute Gasteiger partial charge is 0.312 e. The number of nitrogens with one attached hydrogen (secondary N) is 2. The van der Waals surface area contributed by atoms with Gasteiger partial charge in [-0.3, -0.25) is 14.6 Å². The number of fused-ring (bicyclic) bond motifs is 1. The maximum atomic E-state index is 13.6. The van der Waals surface area contributed by atoms with E-state index in [1.165, 1.54) is 4.90 Å². The highest BCUT2D eigenvalue weighted by molar-refractivity contribution is 5.91. The van der Waals surface area contributed by atoms with Crippen LogP contribution in [0.3, 0.4) is 0 Å². The summed E-state index contributed by atoms with van der Waals surface area (Å²) in [7, 11) is 0. The summed E-state index contributed by atoms with van der Waals surface area (Å²) in [5.74, 6) is -0.872. The Hall–Kier alpha value is -4.54. The van der Waals surface area contributed by atoms with Gasteiger partial charge in [0, 0.05) is 36.7 Å². The first kappa shape index (κ1) is 26.1. The molecule has 0 aliphatic rings.